The number of hydrogen-bond acceptors (Lipinski definition) is 3. The SMILES string of the molecule is COc1ccc(/C=C/C(=O)CCCn2c(C)cc3ccccc32)cc1OC. The van der Waals surface area contributed by atoms with Crippen LogP contribution in [0.25, 0.3) is 17.0 Å². The molecule has 0 radical (unpaired) electrons. The summed E-state index contributed by atoms with van der Waals surface area (Å²) in [4.78, 5) is 12.2. The minimum Gasteiger partial charge on any atom is -0.493 e. The zero-order valence-corrected chi connectivity index (χ0v) is 16.1. The van der Waals surface area contributed by atoms with E-state index in [0.717, 1.165) is 18.5 Å². The quantitative estimate of drug-likeness (QED) is 0.527. The Morgan fingerprint density at radius 1 is 1.04 bits per heavy atom. The van der Waals surface area contributed by atoms with E-state index in [4.69, 9.17) is 9.47 Å². The average Bonchev–Trinajstić information content (AvgIpc) is 3.01. The second-order valence-corrected chi connectivity index (χ2v) is 6.51. The minimum atomic E-state index is 0.124. The van der Waals surface area contributed by atoms with E-state index in [-0.39, 0.29) is 5.78 Å². The Balaban J connectivity index is 1.58. The van der Waals surface area contributed by atoms with Gasteiger partial charge in [0.25, 0.3) is 0 Å². The van der Waals surface area contributed by atoms with Gasteiger partial charge in [0.15, 0.2) is 17.3 Å². The number of ether oxygens (including phenoxy) is 2. The van der Waals surface area contributed by atoms with Crippen LogP contribution in [0.4, 0.5) is 0 Å². The molecule has 0 spiro atoms. The molecule has 0 N–H and O–H groups in total. The number of aromatic nitrogens is 1. The highest BCUT2D eigenvalue weighted by atomic mass is 16.5. The van der Waals surface area contributed by atoms with Gasteiger partial charge in [-0.2, -0.15) is 0 Å². The fourth-order valence-corrected chi connectivity index (χ4v) is 3.29. The molecule has 0 amide bonds. The number of hydrogen-bond donors (Lipinski definition) is 0. The number of nitrogens with zero attached hydrogens (tertiary/aromatic N) is 1. The number of benzene rings is 2. The maximum Gasteiger partial charge on any atom is 0.161 e. The molecule has 0 fully saturated rings. The van der Waals surface area contributed by atoms with E-state index in [1.165, 1.54) is 16.6 Å². The van der Waals surface area contributed by atoms with Crippen LogP contribution < -0.4 is 9.47 Å². The lowest BCUT2D eigenvalue weighted by molar-refractivity contribution is -0.114. The molecular formula is C23H25NO3. The summed E-state index contributed by atoms with van der Waals surface area (Å²) >= 11 is 0. The fraction of sp³-hybridized carbons (Fsp3) is 0.261. The lowest BCUT2D eigenvalue weighted by atomic mass is 10.1. The number of ketones is 1. The van der Waals surface area contributed by atoms with Crippen LogP contribution in [-0.4, -0.2) is 24.6 Å². The number of para-hydroxylation sites is 1. The number of carbonyl (C=O) groups is 1. The molecule has 2 aromatic carbocycles. The summed E-state index contributed by atoms with van der Waals surface area (Å²) in [6.45, 7) is 2.95. The van der Waals surface area contributed by atoms with Crippen LogP contribution >= 0.6 is 0 Å². The summed E-state index contributed by atoms with van der Waals surface area (Å²) in [6.07, 6.45) is 4.80. The average molecular weight is 363 g/mol. The number of allylic oxidation sites excluding steroid dienone is 1. The Bertz CT molecular complexity index is 969. The molecule has 4 heteroatoms. The summed E-state index contributed by atoms with van der Waals surface area (Å²) in [5.74, 6) is 1.45. The van der Waals surface area contributed by atoms with Gasteiger partial charge in [-0.05, 0) is 54.6 Å². The topological polar surface area (TPSA) is 40.5 Å². The first-order valence-corrected chi connectivity index (χ1v) is 9.10. The second-order valence-electron chi connectivity index (χ2n) is 6.51. The Morgan fingerprint density at radius 2 is 1.81 bits per heavy atom. The number of rotatable bonds is 8. The van der Waals surface area contributed by atoms with E-state index >= 15 is 0 Å². The highest BCUT2D eigenvalue weighted by Gasteiger charge is 2.06. The van der Waals surface area contributed by atoms with Gasteiger partial charge in [0.1, 0.15) is 0 Å². The van der Waals surface area contributed by atoms with Crippen LogP contribution in [0.2, 0.25) is 0 Å². The Morgan fingerprint density at radius 3 is 2.59 bits per heavy atom. The van der Waals surface area contributed by atoms with Gasteiger partial charge in [0.2, 0.25) is 0 Å². The van der Waals surface area contributed by atoms with Crippen molar-refractivity contribution in [3.8, 4) is 11.5 Å². The molecule has 0 saturated heterocycles. The van der Waals surface area contributed by atoms with Crippen LogP contribution in [0.15, 0.2) is 54.6 Å². The van der Waals surface area contributed by atoms with E-state index in [1.54, 1.807) is 20.3 Å². The van der Waals surface area contributed by atoms with Gasteiger partial charge < -0.3 is 14.0 Å². The van der Waals surface area contributed by atoms with E-state index < -0.39 is 0 Å². The highest BCUT2D eigenvalue weighted by molar-refractivity contribution is 5.93. The number of aryl methyl sites for hydroxylation is 2. The smallest absolute Gasteiger partial charge is 0.161 e. The molecule has 4 nitrogen and oxygen atoms in total. The van der Waals surface area contributed by atoms with Gasteiger partial charge in [-0.15, -0.1) is 0 Å². The summed E-state index contributed by atoms with van der Waals surface area (Å²) in [5.41, 5.74) is 3.36. The first-order chi connectivity index (χ1) is 13.1. The number of fused-ring (bicyclic) bond motifs is 1. The van der Waals surface area contributed by atoms with Crippen molar-refractivity contribution >= 4 is 22.8 Å². The standard InChI is InChI=1S/C23H25NO3/c1-17-15-19-7-4-5-9-21(19)24(17)14-6-8-20(25)12-10-18-11-13-22(26-2)23(16-18)27-3/h4-5,7,9-13,15-16H,6,8,14H2,1-3H3/b12-10+. The van der Waals surface area contributed by atoms with Crippen molar-refractivity contribution in [2.45, 2.75) is 26.3 Å². The van der Waals surface area contributed by atoms with Crippen molar-refractivity contribution in [1.29, 1.82) is 0 Å². The Labute approximate surface area is 160 Å². The van der Waals surface area contributed by atoms with Crippen molar-refractivity contribution in [2.75, 3.05) is 14.2 Å². The van der Waals surface area contributed by atoms with Crippen LogP contribution in [0, 0.1) is 6.92 Å². The zero-order valence-electron chi connectivity index (χ0n) is 16.1. The third-order valence-electron chi connectivity index (χ3n) is 4.69. The Kier molecular flexibility index (Phi) is 5.97. The molecule has 0 unspecified atom stereocenters. The lowest BCUT2D eigenvalue weighted by Gasteiger charge is -2.08. The summed E-state index contributed by atoms with van der Waals surface area (Å²) in [7, 11) is 3.20. The molecule has 3 aromatic rings. The van der Waals surface area contributed by atoms with Crippen LogP contribution in [0.1, 0.15) is 24.1 Å². The zero-order chi connectivity index (χ0) is 19.2. The van der Waals surface area contributed by atoms with E-state index in [2.05, 4.69) is 41.8 Å². The maximum absolute atomic E-state index is 12.2. The van der Waals surface area contributed by atoms with Gasteiger partial charge in [-0.3, -0.25) is 4.79 Å². The van der Waals surface area contributed by atoms with Gasteiger partial charge >= 0.3 is 0 Å². The van der Waals surface area contributed by atoms with Crippen molar-refractivity contribution in [1.82, 2.24) is 4.57 Å². The number of methoxy groups -OCH3 is 2. The summed E-state index contributed by atoms with van der Waals surface area (Å²) < 4.78 is 12.8. The molecule has 1 aromatic heterocycles. The van der Waals surface area contributed by atoms with Crippen LogP contribution in [0.3, 0.4) is 0 Å². The van der Waals surface area contributed by atoms with Crippen LogP contribution in [-0.2, 0) is 11.3 Å². The van der Waals surface area contributed by atoms with E-state index in [0.29, 0.717) is 17.9 Å². The highest BCUT2D eigenvalue weighted by Crippen LogP contribution is 2.28. The van der Waals surface area contributed by atoms with Crippen molar-refractivity contribution in [3.63, 3.8) is 0 Å². The molecule has 0 aliphatic rings. The van der Waals surface area contributed by atoms with Crippen molar-refractivity contribution in [2.24, 2.45) is 0 Å². The van der Waals surface area contributed by atoms with Crippen molar-refractivity contribution in [3.05, 3.63) is 65.9 Å². The van der Waals surface area contributed by atoms with Crippen LogP contribution in [0.5, 0.6) is 11.5 Å². The molecular weight excluding hydrogens is 338 g/mol. The first kappa shape index (κ1) is 18.8. The molecule has 0 saturated carbocycles. The van der Waals surface area contributed by atoms with Gasteiger partial charge in [-0.25, -0.2) is 0 Å². The number of carbonyl (C=O) groups excluding carboxylic acids is 1. The molecule has 1 heterocycles. The maximum atomic E-state index is 12.2. The predicted octanol–water partition coefficient (Wildman–Crippen LogP) is 5.03. The molecule has 140 valence electrons. The summed E-state index contributed by atoms with van der Waals surface area (Å²) in [6, 6.07) is 16.1. The van der Waals surface area contributed by atoms with Gasteiger partial charge in [0, 0.05) is 24.2 Å². The minimum absolute atomic E-state index is 0.124. The third kappa shape index (κ3) is 4.40. The normalized spacial score (nSPS) is 11.2. The molecule has 0 bridgehead atoms. The molecule has 0 aliphatic heterocycles. The van der Waals surface area contributed by atoms with Crippen molar-refractivity contribution < 1.29 is 14.3 Å². The van der Waals surface area contributed by atoms with Gasteiger partial charge in [0.05, 0.1) is 14.2 Å². The lowest BCUT2D eigenvalue weighted by Crippen LogP contribution is -2.02. The molecule has 0 atom stereocenters. The molecule has 3 rings (SSSR count). The molecule has 27 heavy (non-hydrogen) atoms. The molecule has 0 aliphatic carbocycles. The van der Waals surface area contributed by atoms with Gasteiger partial charge in [-0.1, -0.05) is 30.3 Å². The predicted molar refractivity (Wildman–Crippen MR) is 109 cm³/mol. The summed E-state index contributed by atoms with van der Waals surface area (Å²) in [5, 5.41) is 1.25. The third-order valence-corrected chi connectivity index (χ3v) is 4.69. The Hall–Kier alpha value is -3.01. The fourth-order valence-electron chi connectivity index (χ4n) is 3.29. The first-order valence-electron chi connectivity index (χ1n) is 9.10. The largest absolute Gasteiger partial charge is 0.493 e. The second kappa shape index (κ2) is 8.58. The monoisotopic (exact) mass is 363 g/mol. The van der Waals surface area contributed by atoms with E-state index in [9.17, 15) is 4.79 Å². The van der Waals surface area contributed by atoms with E-state index in [1.807, 2.05) is 24.3 Å².